The van der Waals surface area contributed by atoms with Crippen LogP contribution in [0.15, 0.2) is 42.5 Å². The van der Waals surface area contributed by atoms with Gasteiger partial charge in [0.1, 0.15) is 18.2 Å². The second kappa shape index (κ2) is 8.21. The van der Waals surface area contributed by atoms with Crippen LogP contribution in [0.2, 0.25) is 0 Å². The van der Waals surface area contributed by atoms with Crippen LogP contribution in [-0.4, -0.2) is 59.7 Å². The highest BCUT2D eigenvalue weighted by Crippen LogP contribution is 2.37. The molecule has 0 bridgehead atoms. The second-order valence-corrected chi connectivity index (χ2v) is 9.18. The Kier molecular flexibility index (Phi) is 5.04. The van der Waals surface area contributed by atoms with Gasteiger partial charge in [0.2, 0.25) is 6.10 Å². The first-order valence-electron chi connectivity index (χ1n) is 11.9. The third-order valence-corrected chi connectivity index (χ3v) is 7.08. The number of amides is 1. The van der Waals surface area contributed by atoms with Crippen LogP contribution in [0.1, 0.15) is 36.6 Å². The van der Waals surface area contributed by atoms with Crippen molar-refractivity contribution in [2.24, 2.45) is 0 Å². The fourth-order valence-corrected chi connectivity index (χ4v) is 4.91. The van der Waals surface area contributed by atoms with Crippen molar-refractivity contribution in [2.45, 2.75) is 38.2 Å². The number of nitrogens with zero attached hydrogens (tertiary/aromatic N) is 4. The zero-order valence-corrected chi connectivity index (χ0v) is 18.9. The molecular formula is C26H28N4O3. The Morgan fingerprint density at radius 1 is 0.970 bits per heavy atom. The molecule has 0 radical (unpaired) electrons. The van der Waals surface area contributed by atoms with Crippen molar-refractivity contribution >= 4 is 22.6 Å². The molecule has 7 nitrogen and oxygen atoms in total. The van der Waals surface area contributed by atoms with E-state index in [4.69, 9.17) is 19.4 Å². The van der Waals surface area contributed by atoms with Crippen molar-refractivity contribution in [3.05, 3.63) is 53.9 Å². The maximum atomic E-state index is 13.1. The lowest BCUT2D eigenvalue weighted by molar-refractivity contribution is -0.141. The highest BCUT2D eigenvalue weighted by Gasteiger charge is 2.33. The third kappa shape index (κ3) is 3.65. The minimum absolute atomic E-state index is 0.0111. The Hall–Kier alpha value is -3.35. The summed E-state index contributed by atoms with van der Waals surface area (Å²) in [5.74, 6) is 3.77. The standard InChI is InChI=1S/C26H28N4O3/c1-17-6-4-9-19-23(17)25(28-24(27-19)18-7-5-8-18)29-12-14-30(15-13-29)26(31)22-16-32-20-10-2-3-11-21(20)33-22/h2-4,6,9-11,18,22H,5,7-8,12-16H2,1H3. The average molecular weight is 445 g/mol. The van der Waals surface area contributed by atoms with E-state index in [1.807, 2.05) is 29.2 Å². The summed E-state index contributed by atoms with van der Waals surface area (Å²) in [6, 6.07) is 13.8. The van der Waals surface area contributed by atoms with Crippen LogP contribution in [0.3, 0.4) is 0 Å². The SMILES string of the molecule is Cc1cccc2nc(C3CCC3)nc(N3CCN(C(=O)C4COc5ccccc5O4)CC3)c12. The van der Waals surface area contributed by atoms with Gasteiger partial charge in [0.05, 0.1) is 5.52 Å². The van der Waals surface area contributed by atoms with E-state index < -0.39 is 6.10 Å². The van der Waals surface area contributed by atoms with Crippen LogP contribution in [0.4, 0.5) is 5.82 Å². The lowest BCUT2D eigenvalue weighted by Crippen LogP contribution is -2.54. The Bertz CT molecular complexity index is 1200. The van der Waals surface area contributed by atoms with Gasteiger partial charge in [-0.25, -0.2) is 9.97 Å². The average Bonchev–Trinajstić information content (AvgIpc) is 2.82. The normalized spacial score (nSPS) is 20.6. The number of anilines is 1. The molecule has 1 saturated carbocycles. The van der Waals surface area contributed by atoms with Gasteiger partial charge in [-0.15, -0.1) is 0 Å². The number of piperazine rings is 1. The highest BCUT2D eigenvalue weighted by molar-refractivity contribution is 5.92. The molecule has 1 atom stereocenters. The second-order valence-electron chi connectivity index (χ2n) is 9.18. The van der Waals surface area contributed by atoms with Crippen LogP contribution in [0.25, 0.3) is 10.9 Å². The molecule has 6 rings (SSSR count). The summed E-state index contributed by atoms with van der Waals surface area (Å²) in [5.41, 5.74) is 2.21. The maximum Gasteiger partial charge on any atom is 0.267 e. The van der Waals surface area contributed by atoms with Gasteiger partial charge in [-0.2, -0.15) is 0 Å². The molecule has 33 heavy (non-hydrogen) atoms. The minimum atomic E-state index is -0.598. The minimum Gasteiger partial charge on any atom is -0.485 e. The van der Waals surface area contributed by atoms with Gasteiger partial charge in [0.25, 0.3) is 5.91 Å². The molecule has 2 aliphatic heterocycles. The molecule has 3 aromatic rings. The lowest BCUT2D eigenvalue weighted by atomic mass is 9.84. The van der Waals surface area contributed by atoms with E-state index >= 15 is 0 Å². The van der Waals surface area contributed by atoms with Crippen LogP contribution in [-0.2, 0) is 4.79 Å². The lowest BCUT2D eigenvalue weighted by Gasteiger charge is -2.38. The van der Waals surface area contributed by atoms with Crippen molar-refractivity contribution in [1.29, 1.82) is 0 Å². The van der Waals surface area contributed by atoms with E-state index in [0.29, 0.717) is 30.5 Å². The van der Waals surface area contributed by atoms with Crippen LogP contribution >= 0.6 is 0 Å². The molecule has 1 saturated heterocycles. The van der Waals surface area contributed by atoms with Gasteiger partial charge < -0.3 is 19.3 Å². The number of rotatable bonds is 3. The number of benzene rings is 2. The van der Waals surface area contributed by atoms with Gasteiger partial charge in [0.15, 0.2) is 11.5 Å². The van der Waals surface area contributed by atoms with Gasteiger partial charge in [-0.05, 0) is 43.5 Å². The molecule has 3 aliphatic rings. The number of carbonyl (C=O) groups excluding carboxylic acids is 1. The van der Waals surface area contributed by atoms with Crippen LogP contribution < -0.4 is 14.4 Å². The van der Waals surface area contributed by atoms with E-state index in [2.05, 4.69) is 30.0 Å². The fraction of sp³-hybridized carbons (Fsp3) is 0.423. The molecule has 3 heterocycles. The summed E-state index contributed by atoms with van der Waals surface area (Å²) in [6.07, 6.45) is 3.00. The topological polar surface area (TPSA) is 67.8 Å². The molecule has 2 fully saturated rings. The first kappa shape index (κ1) is 20.3. The van der Waals surface area contributed by atoms with Crippen molar-refractivity contribution in [3.8, 4) is 11.5 Å². The molecule has 2 aromatic carbocycles. The highest BCUT2D eigenvalue weighted by atomic mass is 16.6. The molecule has 0 spiro atoms. The Balaban J connectivity index is 1.20. The Labute approximate surface area is 193 Å². The zero-order valence-electron chi connectivity index (χ0n) is 18.9. The number of hydrogen-bond donors (Lipinski definition) is 0. The number of para-hydroxylation sites is 2. The van der Waals surface area contributed by atoms with E-state index in [0.717, 1.165) is 35.6 Å². The van der Waals surface area contributed by atoms with Crippen molar-refractivity contribution in [2.75, 3.05) is 37.7 Å². The van der Waals surface area contributed by atoms with Gasteiger partial charge in [-0.3, -0.25) is 4.79 Å². The third-order valence-electron chi connectivity index (χ3n) is 7.08. The van der Waals surface area contributed by atoms with Crippen molar-refractivity contribution < 1.29 is 14.3 Å². The molecular weight excluding hydrogens is 416 g/mol. The molecule has 1 amide bonds. The Morgan fingerprint density at radius 2 is 1.76 bits per heavy atom. The smallest absolute Gasteiger partial charge is 0.267 e. The fourth-order valence-electron chi connectivity index (χ4n) is 4.91. The number of aryl methyl sites for hydroxylation is 1. The monoisotopic (exact) mass is 444 g/mol. The number of aromatic nitrogens is 2. The molecule has 1 unspecified atom stereocenters. The zero-order chi connectivity index (χ0) is 22.4. The molecule has 1 aromatic heterocycles. The van der Waals surface area contributed by atoms with E-state index in [1.54, 1.807) is 0 Å². The summed E-state index contributed by atoms with van der Waals surface area (Å²) in [5, 5.41) is 1.13. The number of hydrogen-bond acceptors (Lipinski definition) is 6. The summed E-state index contributed by atoms with van der Waals surface area (Å²) in [4.78, 5) is 27.3. The summed E-state index contributed by atoms with van der Waals surface area (Å²) in [6.45, 7) is 5.11. The van der Waals surface area contributed by atoms with Crippen LogP contribution in [0, 0.1) is 6.92 Å². The van der Waals surface area contributed by atoms with E-state index in [9.17, 15) is 4.79 Å². The maximum absolute atomic E-state index is 13.1. The quantitative estimate of drug-likeness (QED) is 0.614. The molecule has 7 heteroatoms. The first-order valence-corrected chi connectivity index (χ1v) is 11.9. The van der Waals surface area contributed by atoms with Gasteiger partial charge >= 0.3 is 0 Å². The number of fused-ring (bicyclic) bond motifs is 2. The van der Waals surface area contributed by atoms with Crippen LogP contribution in [0.5, 0.6) is 11.5 Å². The summed E-state index contributed by atoms with van der Waals surface area (Å²) >= 11 is 0. The first-order chi connectivity index (χ1) is 16.2. The summed E-state index contributed by atoms with van der Waals surface area (Å²) < 4.78 is 11.7. The number of ether oxygens (including phenoxy) is 2. The van der Waals surface area contributed by atoms with Gasteiger partial charge in [0, 0.05) is 37.5 Å². The summed E-state index contributed by atoms with van der Waals surface area (Å²) in [7, 11) is 0. The number of carbonyl (C=O) groups is 1. The van der Waals surface area contributed by atoms with Crippen molar-refractivity contribution in [1.82, 2.24) is 14.9 Å². The molecule has 0 N–H and O–H groups in total. The predicted molar refractivity (Wildman–Crippen MR) is 126 cm³/mol. The largest absolute Gasteiger partial charge is 0.485 e. The van der Waals surface area contributed by atoms with E-state index in [1.165, 1.54) is 24.8 Å². The predicted octanol–water partition coefficient (Wildman–Crippen LogP) is 3.69. The molecule has 1 aliphatic carbocycles. The van der Waals surface area contributed by atoms with E-state index in [-0.39, 0.29) is 12.5 Å². The Morgan fingerprint density at radius 3 is 2.52 bits per heavy atom. The van der Waals surface area contributed by atoms with Crippen molar-refractivity contribution in [3.63, 3.8) is 0 Å². The van der Waals surface area contributed by atoms with Gasteiger partial charge in [-0.1, -0.05) is 30.7 Å². The molecule has 170 valence electrons.